The molecule has 1 aromatic carbocycles. The van der Waals surface area contributed by atoms with Crippen LogP contribution in [0.2, 0.25) is 0 Å². The number of aromatic nitrogens is 1. The third-order valence-corrected chi connectivity index (χ3v) is 3.32. The van der Waals surface area contributed by atoms with E-state index in [2.05, 4.69) is 0 Å². The number of nitro groups is 1. The minimum Gasteiger partial charge on any atom is -0.462 e. The largest absolute Gasteiger partial charge is 0.462 e. The molecule has 0 saturated carbocycles. The van der Waals surface area contributed by atoms with E-state index in [4.69, 9.17) is 4.74 Å². The highest BCUT2D eigenvalue weighted by Crippen LogP contribution is 2.15. The lowest BCUT2D eigenvalue weighted by Gasteiger charge is -2.08. The SMILES string of the molecule is CCOC(=O)c1ccc(Cn2cc([N+](=O)[O-])c(C)cc2=O)cc1. The molecule has 120 valence electrons. The van der Waals surface area contributed by atoms with Crippen molar-refractivity contribution in [3.05, 3.63) is 73.7 Å². The molecule has 0 amide bonds. The standard InChI is InChI=1S/C16H16N2O5/c1-3-23-16(20)13-6-4-12(5-7-13)9-17-10-14(18(21)22)11(2)8-15(17)19/h4-8,10H,3,9H2,1-2H3. The van der Waals surface area contributed by atoms with E-state index in [-0.39, 0.29) is 17.8 Å². The first kappa shape index (κ1) is 16.4. The van der Waals surface area contributed by atoms with Gasteiger partial charge in [-0.1, -0.05) is 12.1 Å². The third kappa shape index (κ3) is 3.82. The summed E-state index contributed by atoms with van der Waals surface area (Å²) in [6.07, 6.45) is 1.23. The van der Waals surface area contributed by atoms with Gasteiger partial charge in [0.25, 0.3) is 11.2 Å². The molecule has 0 unspecified atom stereocenters. The van der Waals surface area contributed by atoms with Crippen LogP contribution in [0.3, 0.4) is 0 Å². The highest BCUT2D eigenvalue weighted by Gasteiger charge is 2.13. The Labute approximate surface area is 132 Å². The van der Waals surface area contributed by atoms with Gasteiger partial charge in [0.2, 0.25) is 0 Å². The summed E-state index contributed by atoms with van der Waals surface area (Å²) in [5, 5.41) is 11.0. The smallest absolute Gasteiger partial charge is 0.338 e. The lowest BCUT2D eigenvalue weighted by molar-refractivity contribution is -0.385. The number of benzene rings is 1. The molecule has 0 atom stereocenters. The van der Waals surface area contributed by atoms with Crippen LogP contribution in [0, 0.1) is 17.0 Å². The Morgan fingerprint density at radius 2 is 1.96 bits per heavy atom. The van der Waals surface area contributed by atoms with Crippen LogP contribution in [0.1, 0.15) is 28.4 Å². The fraction of sp³-hybridized carbons (Fsp3) is 0.250. The average molecular weight is 316 g/mol. The van der Waals surface area contributed by atoms with Crippen LogP contribution in [0.25, 0.3) is 0 Å². The number of pyridine rings is 1. The first-order chi connectivity index (χ1) is 10.9. The van der Waals surface area contributed by atoms with Gasteiger partial charge in [0.1, 0.15) is 0 Å². The van der Waals surface area contributed by atoms with Gasteiger partial charge in [0.05, 0.1) is 29.8 Å². The zero-order chi connectivity index (χ0) is 17.0. The molecule has 0 fully saturated rings. The first-order valence-electron chi connectivity index (χ1n) is 7.04. The zero-order valence-electron chi connectivity index (χ0n) is 12.8. The predicted molar refractivity (Wildman–Crippen MR) is 83.6 cm³/mol. The average Bonchev–Trinajstić information content (AvgIpc) is 2.50. The van der Waals surface area contributed by atoms with Crippen LogP contribution in [0.5, 0.6) is 0 Å². The molecule has 0 saturated heterocycles. The molecule has 2 rings (SSSR count). The van der Waals surface area contributed by atoms with Gasteiger partial charge in [-0.3, -0.25) is 14.9 Å². The number of hydrogen-bond acceptors (Lipinski definition) is 5. The molecule has 0 spiro atoms. The summed E-state index contributed by atoms with van der Waals surface area (Å²) in [4.78, 5) is 34.0. The van der Waals surface area contributed by atoms with E-state index in [1.54, 1.807) is 31.2 Å². The van der Waals surface area contributed by atoms with E-state index in [0.29, 0.717) is 17.7 Å². The van der Waals surface area contributed by atoms with Crippen LogP contribution >= 0.6 is 0 Å². The molecule has 1 heterocycles. The highest BCUT2D eigenvalue weighted by atomic mass is 16.6. The van der Waals surface area contributed by atoms with Gasteiger partial charge < -0.3 is 9.30 Å². The Balaban J connectivity index is 2.26. The molecule has 0 aliphatic rings. The van der Waals surface area contributed by atoms with Crippen molar-refractivity contribution < 1.29 is 14.5 Å². The number of esters is 1. The third-order valence-electron chi connectivity index (χ3n) is 3.32. The van der Waals surface area contributed by atoms with Gasteiger partial charge in [-0.15, -0.1) is 0 Å². The van der Waals surface area contributed by atoms with Gasteiger partial charge in [-0.05, 0) is 31.5 Å². The summed E-state index contributed by atoms with van der Waals surface area (Å²) >= 11 is 0. The number of carbonyl (C=O) groups excluding carboxylic acids is 1. The lowest BCUT2D eigenvalue weighted by Crippen LogP contribution is -2.20. The normalized spacial score (nSPS) is 10.3. The number of ether oxygens (including phenoxy) is 1. The maximum Gasteiger partial charge on any atom is 0.338 e. The van der Waals surface area contributed by atoms with E-state index >= 15 is 0 Å². The molecule has 23 heavy (non-hydrogen) atoms. The summed E-state index contributed by atoms with van der Waals surface area (Å²) in [7, 11) is 0. The van der Waals surface area contributed by atoms with Gasteiger partial charge in [0, 0.05) is 11.6 Å². The van der Waals surface area contributed by atoms with Crippen molar-refractivity contribution >= 4 is 11.7 Å². The summed E-state index contributed by atoms with van der Waals surface area (Å²) in [5.74, 6) is -0.415. The zero-order valence-corrected chi connectivity index (χ0v) is 12.8. The van der Waals surface area contributed by atoms with Crippen LogP contribution in [-0.2, 0) is 11.3 Å². The summed E-state index contributed by atoms with van der Waals surface area (Å²) in [5.41, 5.74) is 1.07. The molecule has 0 bridgehead atoms. The summed E-state index contributed by atoms with van der Waals surface area (Å²) in [6.45, 7) is 3.73. The van der Waals surface area contributed by atoms with Crippen molar-refractivity contribution in [1.82, 2.24) is 4.57 Å². The fourth-order valence-electron chi connectivity index (χ4n) is 2.13. The Hall–Kier alpha value is -2.96. The van der Waals surface area contributed by atoms with Crippen molar-refractivity contribution in [1.29, 1.82) is 0 Å². The number of aryl methyl sites for hydroxylation is 1. The van der Waals surface area contributed by atoms with Crippen LogP contribution < -0.4 is 5.56 Å². The van der Waals surface area contributed by atoms with Crippen LogP contribution in [-0.4, -0.2) is 22.1 Å². The molecule has 1 aromatic heterocycles. The molecule has 0 radical (unpaired) electrons. The Kier molecular flexibility index (Phi) is 4.90. The number of hydrogen-bond donors (Lipinski definition) is 0. The molecule has 0 N–H and O–H groups in total. The lowest BCUT2D eigenvalue weighted by atomic mass is 10.1. The van der Waals surface area contributed by atoms with E-state index in [1.807, 2.05) is 0 Å². The Morgan fingerprint density at radius 3 is 2.52 bits per heavy atom. The van der Waals surface area contributed by atoms with E-state index < -0.39 is 10.9 Å². The van der Waals surface area contributed by atoms with E-state index in [9.17, 15) is 19.7 Å². The molecule has 2 aromatic rings. The maximum absolute atomic E-state index is 11.9. The molecular formula is C16H16N2O5. The maximum atomic E-state index is 11.9. The molecular weight excluding hydrogens is 300 g/mol. The molecule has 7 heteroatoms. The van der Waals surface area contributed by atoms with Crippen molar-refractivity contribution in [2.75, 3.05) is 6.61 Å². The molecule has 0 aliphatic carbocycles. The van der Waals surface area contributed by atoms with Gasteiger partial charge in [-0.2, -0.15) is 0 Å². The molecule has 0 aliphatic heterocycles. The fourth-order valence-corrected chi connectivity index (χ4v) is 2.13. The Morgan fingerprint density at radius 1 is 1.30 bits per heavy atom. The van der Waals surface area contributed by atoms with Crippen molar-refractivity contribution in [3.63, 3.8) is 0 Å². The summed E-state index contributed by atoms with van der Waals surface area (Å²) in [6, 6.07) is 7.81. The minimum absolute atomic E-state index is 0.104. The van der Waals surface area contributed by atoms with Gasteiger partial charge in [0.15, 0.2) is 0 Å². The Bertz CT molecular complexity index is 793. The second kappa shape index (κ2) is 6.87. The van der Waals surface area contributed by atoms with Gasteiger partial charge in [-0.25, -0.2) is 4.79 Å². The second-order valence-corrected chi connectivity index (χ2v) is 4.98. The van der Waals surface area contributed by atoms with E-state index in [0.717, 1.165) is 5.56 Å². The molecule has 7 nitrogen and oxygen atoms in total. The second-order valence-electron chi connectivity index (χ2n) is 4.98. The van der Waals surface area contributed by atoms with Crippen LogP contribution in [0.4, 0.5) is 5.69 Å². The summed E-state index contributed by atoms with van der Waals surface area (Å²) < 4.78 is 6.16. The quantitative estimate of drug-likeness (QED) is 0.479. The minimum atomic E-state index is -0.519. The predicted octanol–water partition coefficient (Wildman–Crippen LogP) is 2.29. The highest BCUT2D eigenvalue weighted by molar-refractivity contribution is 5.89. The number of nitrogens with zero attached hydrogens (tertiary/aromatic N) is 2. The van der Waals surface area contributed by atoms with Crippen LogP contribution in [0.15, 0.2) is 41.3 Å². The number of rotatable bonds is 5. The van der Waals surface area contributed by atoms with Crippen molar-refractivity contribution in [2.24, 2.45) is 0 Å². The van der Waals surface area contributed by atoms with E-state index in [1.165, 1.54) is 23.8 Å². The topological polar surface area (TPSA) is 91.4 Å². The monoisotopic (exact) mass is 316 g/mol. The number of carbonyl (C=O) groups is 1. The van der Waals surface area contributed by atoms with Gasteiger partial charge >= 0.3 is 5.97 Å². The first-order valence-corrected chi connectivity index (χ1v) is 7.04. The van der Waals surface area contributed by atoms with Crippen molar-refractivity contribution in [2.45, 2.75) is 20.4 Å². The van der Waals surface area contributed by atoms with Crippen molar-refractivity contribution in [3.8, 4) is 0 Å².